The Morgan fingerprint density at radius 3 is 2.72 bits per heavy atom. The topological polar surface area (TPSA) is 77.2 Å². The van der Waals surface area contributed by atoms with Crippen LogP contribution in [0.2, 0.25) is 0 Å². The van der Waals surface area contributed by atoms with Crippen LogP contribution in [0.3, 0.4) is 0 Å². The van der Waals surface area contributed by atoms with Crippen molar-refractivity contribution in [3.05, 3.63) is 57.4 Å². The molecule has 1 N–H and O–H groups in total. The first-order valence-electron chi connectivity index (χ1n) is 9.35. The van der Waals surface area contributed by atoms with E-state index in [1.54, 1.807) is 24.3 Å². The van der Waals surface area contributed by atoms with Crippen molar-refractivity contribution < 1.29 is 14.1 Å². The summed E-state index contributed by atoms with van der Waals surface area (Å²) in [7, 11) is 0. The predicted molar refractivity (Wildman–Crippen MR) is 115 cm³/mol. The maximum absolute atomic E-state index is 13.2. The Hall–Kier alpha value is -3.19. The van der Waals surface area contributed by atoms with E-state index in [4.69, 9.17) is 9.26 Å². The molecule has 29 heavy (non-hydrogen) atoms. The molecule has 0 saturated heterocycles. The minimum absolute atomic E-state index is 0.262. The lowest BCUT2D eigenvalue weighted by Crippen LogP contribution is -2.14. The van der Waals surface area contributed by atoms with Gasteiger partial charge in [0.05, 0.1) is 34.6 Å². The number of carbonyl (C=O) groups is 1. The van der Waals surface area contributed by atoms with E-state index in [0.29, 0.717) is 46.1 Å². The predicted octanol–water partition coefficient (Wildman–Crippen LogP) is 5.53. The summed E-state index contributed by atoms with van der Waals surface area (Å²) < 4.78 is 11.0. The molecule has 148 valence electrons. The van der Waals surface area contributed by atoms with Crippen LogP contribution in [0.5, 0.6) is 5.75 Å². The summed E-state index contributed by atoms with van der Waals surface area (Å²) in [6.07, 6.45) is 0. The van der Waals surface area contributed by atoms with Crippen LogP contribution in [0.1, 0.15) is 32.7 Å². The Bertz CT molecular complexity index is 1210. The van der Waals surface area contributed by atoms with Gasteiger partial charge in [0, 0.05) is 15.3 Å². The number of benzene rings is 1. The van der Waals surface area contributed by atoms with E-state index >= 15 is 0 Å². The third kappa shape index (κ3) is 3.61. The molecule has 0 aliphatic heterocycles. The highest BCUT2D eigenvalue weighted by atomic mass is 32.1. The molecule has 0 unspecified atom stereocenters. The number of carbonyl (C=O) groups excluding carboxylic acids is 1. The fourth-order valence-electron chi connectivity index (χ4n) is 3.34. The summed E-state index contributed by atoms with van der Waals surface area (Å²) in [4.78, 5) is 20.2. The molecule has 3 aromatic heterocycles. The first-order valence-corrected chi connectivity index (χ1v) is 10.2. The van der Waals surface area contributed by atoms with Crippen LogP contribution in [0, 0.1) is 20.8 Å². The molecule has 4 aromatic rings. The van der Waals surface area contributed by atoms with E-state index in [0.717, 1.165) is 10.4 Å². The highest BCUT2D eigenvalue weighted by Crippen LogP contribution is 2.33. The van der Waals surface area contributed by atoms with Crippen LogP contribution in [-0.2, 0) is 0 Å². The molecule has 0 saturated carbocycles. The number of pyridine rings is 1. The highest BCUT2D eigenvalue weighted by molar-refractivity contribution is 7.12. The Morgan fingerprint density at radius 1 is 1.21 bits per heavy atom. The minimum atomic E-state index is -0.262. The molecular formula is C22H21N3O3S. The summed E-state index contributed by atoms with van der Waals surface area (Å²) in [5, 5.41) is 7.59. The number of para-hydroxylation sites is 2. The van der Waals surface area contributed by atoms with E-state index in [-0.39, 0.29) is 5.91 Å². The zero-order valence-electron chi connectivity index (χ0n) is 16.7. The maximum Gasteiger partial charge on any atom is 0.259 e. The fourth-order valence-corrected chi connectivity index (χ4v) is 4.27. The van der Waals surface area contributed by atoms with Crippen LogP contribution in [0.15, 0.2) is 40.9 Å². The van der Waals surface area contributed by atoms with Gasteiger partial charge in [-0.2, -0.15) is 0 Å². The Balaban J connectivity index is 1.81. The van der Waals surface area contributed by atoms with Gasteiger partial charge in [-0.3, -0.25) is 4.79 Å². The zero-order valence-corrected chi connectivity index (χ0v) is 17.5. The minimum Gasteiger partial charge on any atom is -0.492 e. The molecule has 7 heteroatoms. The number of rotatable bonds is 5. The van der Waals surface area contributed by atoms with Gasteiger partial charge in [-0.25, -0.2) is 4.98 Å². The van der Waals surface area contributed by atoms with Crippen molar-refractivity contribution in [2.75, 3.05) is 11.9 Å². The van der Waals surface area contributed by atoms with Gasteiger partial charge in [0.15, 0.2) is 0 Å². The second-order valence-electron chi connectivity index (χ2n) is 6.71. The van der Waals surface area contributed by atoms with Crippen LogP contribution in [-0.4, -0.2) is 22.7 Å². The van der Waals surface area contributed by atoms with Crippen molar-refractivity contribution in [3.8, 4) is 17.0 Å². The van der Waals surface area contributed by atoms with Gasteiger partial charge in [0.25, 0.3) is 11.6 Å². The fraction of sp³-hybridized carbons (Fsp3) is 0.227. The molecule has 0 aliphatic carbocycles. The summed E-state index contributed by atoms with van der Waals surface area (Å²) in [6.45, 7) is 8.32. The van der Waals surface area contributed by atoms with Gasteiger partial charge >= 0.3 is 0 Å². The number of ether oxygens (including phenoxy) is 1. The number of aromatic nitrogens is 2. The second-order valence-corrected chi connectivity index (χ2v) is 8.17. The molecule has 0 bridgehead atoms. The number of thiophene rings is 1. The van der Waals surface area contributed by atoms with E-state index in [9.17, 15) is 4.79 Å². The third-order valence-corrected chi connectivity index (χ3v) is 5.58. The van der Waals surface area contributed by atoms with E-state index < -0.39 is 0 Å². The van der Waals surface area contributed by atoms with Crippen molar-refractivity contribution in [3.63, 3.8) is 0 Å². The van der Waals surface area contributed by atoms with Gasteiger partial charge in [-0.05, 0) is 52.0 Å². The van der Waals surface area contributed by atoms with Crippen LogP contribution < -0.4 is 10.1 Å². The molecular weight excluding hydrogens is 386 g/mol. The van der Waals surface area contributed by atoms with Crippen molar-refractivity contribution in [2.45, 2.75) is 27.7 Å². The zero-order chi connectivity index (χ0) is 20.5. The first-order chi connectivity index (χ1) is 14.0. The molecule has 6 nitrogen and oxygen atoms in total. The molecule has 4 rings (SSSR count). The molecule has 1 amide bonds. The van der Waals surface area contributed by atoms with Gasteiger partial charge in [0.1, 0.15) is 5.75 Å². The summed E-state index contributed by atoms with van der Waals surface area (Å²) in [5.41, 5.74) is 3.75. The van der Waals surface area contributed by atoms with Gasteiger partial charge in [0.2, 0.25) is 0 Å². The number of amides is 1. The van der Waals surface area contributed by atoms with Gasteiger partial charge < -0.3 is 14.6 Å². The van der Waals surface area contributed by atoms with Crippen molar-refractivity contribution in [1.82, 2.24) is 10.1 Å². The summed E-state index contributed by atoms with van der Waals surface area (Å²) in [5.74, 6) is 0.363. The normalized spacial score (nSPS) is 11.0. The smallest absolute Gasteiger partial charge is 0.259 e. The third-order valence-electron chi connectivity index (χ3n) is 4.61. The van der Waals surface area contributed by atoms with Crippen LogP contribution in [0.25, 0.3) is 22.4 Å². The van der Waals surface area contributed by atoms with Crippen molar-refractivity contribution in [1.29, 1.82) is 0 Å². The molecule has 0 radical (unpaired) electrons. The number of nitrogens with one attached hydrogen (secondary N) is 1. The SMILES string of the molecule is CCOc1ccccc1NC(=O)c1cc(-c2cc(C)sc2C)nc2onc(C)c12. The van der Waals surface area contributed by atoms with Crippen molar-refractivity contribution in [2.24, 2.45) is 0 Å². The van der Waals surface area contributed by atoms with Gasteiger partial charge in [-0.15, -0.1) is 11.3 Å². The van der Waals surface area contributed by atoms with E-state index in [2.05, 4.69) is 28.4 Å². The summed E-state index contributed by atoms with van der Waals surface area (Å²) in [6, 6.07) is 11.2. The number of aryl methyl sites for hydroxylation is 3. The largest absolute Gasteiger partial charge is 0.492 e. The Kier molecular flexibility index (Phi) is 5.07. The lowest BCUT2D eigenvalue weighted by molar-refractivity contribution is 0.102. The molecule has 0 aliphatic rings. The monoisotopic (exact) mass is 407 g/mol. The van der Waals surface area contributed by atoms with E-state index in [1.165, 1.54) is 4.88 Å². The number of fused-ring (bicyclic) bond motifs is 1. The first kappa shape index (κ1) is 19.1. The average Bonchev–Trinajstić information content (AvgIpc) is 3.24. The van der Waals surface area contributed by atoms with Crippen LogP contribution >= 0.6 is 11.3 Å². The van der Waals surface area contributed by atoms with E-state index in [1.807, 2.05) is 38.1 Å². The Morgan fingerprint density at radius 2 is 2.00 bits per heavy atom. The highest BCUT2D eigenvalue weighted by Gasteiger charge is 2.21. The lowest BCUT2D eigenvalue weighted by atomic mass is 10.1. The number of nitrogens with zero attached hydrogens (tertiary/aromatic N) is 2. The number of hydrogen-bond donors (Lipinski definition) is 1. The molecule has 0 spiro atoms. The molecule has 3 heterocycles. The number of anilines is 1. The standard InChI is InChI=1S/C22H21N3O3S/c1-5-27-19-9-7-6-8-17(19)23-21(26)16-11-18(15-10-12(2)29-14(15)4)24-22-20(16)13(3)25-28-22/h6-11H,5H2,1-4H3,(H,23,26). The number of hydrogen-bond acceptors (Lipinski definition) is 6. The quantitative estimate of drug-likeness (QED) is 0.471. The average molecular weight is 407 g/mol. The lowest BCUT2D eigenvalue weighted by Gasteiger charge is -2.12. The summed E-state index contributed by atoms with van der Waals surface area (Å²) >= 11 is 1.70. The van der Waals surface area contributed by atoms with Crippen LogP contribution in [0.4, 0.5) is 5.69 Å². The second kappa shape index (κ2) is 7.67. The van der Waals surface area contributed by atoms with Crippen molar-refractivity contribution >= 4 is 34.0 Å². The van der Waals surface area contributed by atoms with Gasteiger partial charge in [-0.1, -0.05) is 17.3 Å². The molecule has 1 aromatic carbocycles. The molecule has 0 fully saturated rings. The maximum atomic E-state index is 13.2. The Labute approximate surface area is 172 Å². The molecule has 0 atom stereocenters.